The van der Waals surface area contributed by atoms with Gasteiger partial charge in [-0.25, -0.2) is 4.39 Å². The van der Waals surface area contributed by atoms with Gasteiger partial charge in [-0.1, -0.05) is 24.3 Å². The SMILES string of the molecule is C[C@@H](O)c1cccc(F)c1N(C)c1ccccc1C#N. The lowest BCUT2D eigenvalue weighted by molar-refractivity contribution is 0.199. The van der Waals surface area contributed by atoms with E-state index in [2.05, 4.69) is 6.07 Å². The third kappa shape index (κ3) is 2.49. The molecule has 102 valence electrons. The Bertz CT molecular complexity index is 662. The largest absolute Gasteiger partial charge is 0.389 e. The predicted octanol–water partition coefficient (Wildman–Crippen LogP) is 3.52. The maximum absolute atomic E-state index is 14.1. The number of aliphatic hydroxyl groups excluding tert-OH is 1. The van der Waals surface area contributed by atoms with Gasteiger partial charge >= 0.3 is 0 Å². The first kappa shape index (κ1) is 14.0. The van der Waals surface area contributed by atoms with Gasteiger partial charge in [0, 0.05) is 12.6 Å². The lowest BCUT2D eigenvalue weighted by atomic mass is 10.1. The van der Waals surface area contributed by atoms with Gasteiger partial charge in [-0.05, 0) is 25.1 Å². The number of benzene rings is 2. The molecule has 0 radical (unpaired) electrons. The lowest BCUT2D eigenvalue weighted by Gasteiger charge is -2.25. The standard InChI is InChI=1S/C16H15FN2O/c1-11(20)13-7-5-8-14(17)16(13)19(2)15-9-4-3-6-12(15)10-18/h3-9,11,20H,1-2H3/t11-/m1/s1. The van der Waals surface area contributed by atoms with Crippen LogP contribution in [0.4, 0.5) is 15.8 Å². The summed E-state index contributed by atoms with van der Waals surface area (Å²) in [4.78, 5) is 1.59. The Morgan fingerprint density at radius 1 is 1.20 bits per heavy atom. The minimum Gasteiger partial charge on any atom is -0.389 e. The van der Waals surface area contributed by atoms with Crippen LogP contribution in [0.3, 0.4) is 0 Å². The van der Waals surface area contributed by atoms with Gasteiger partial charge in [0.1, 0.15) is 11.9 Å². The van der Waals surface area contributed by atoms with Crippen molar-refractivity contribution in [1.82, 2.24) is 0 Å². The van der Waals surface area contributed by atoms with Gasteiger partial charge in [0.25, 0.3) is 0 Å². The molecule has 1 N–H and O–H groups in total. The van der Waals surface area contributed by atoms with Crippen molar-refractivity contribution in [1.29, 1.82) is 5.26 Å². The van der Waals surface area contributed by atoms with Crippen LogP contribution in [-0.2, 0) is 0 Å². The summed E-state index contributed by atoms with van der Waals surface area (Å²) in [5.74, 6) is -0.432. The molecule has 0 amide bonds. The van der Waals surface area contributed by atoms with Crippen molar-refractivity contribution in [2.75, 3.05) is 11.9 Å². The molecule has 4 heteroatoms. The lowest BCUT2D eigenvalue weighted by Crippen LogP contribution is -2.16. The Hall–Kier alpha value is -2.38. The Balaban J connectivity index is 2.60. The maximum Gasteiger partial charge on any atom is 0.147 e. The van der Waals surface area contributed by atoms with Crippen molar-refractivity contribution in [3.63, 3.8) is 0 Å². The van der Waals surface area contributed by atoms with E-state index in [4.69, 9.17) is 5.26 Å². The molecule has 0 bridgehead atoms. The van der Waals surface area contributed by atoms with Crippen molar-refractivity contribution in [3.8, 4) is 6.07 Å². The minimum atomic E-state index is -0.794. The Kier molecular flexibility index (Phi) is 4.02. The molecule has 2 aromatic rings. The Morgan fingerprint density at radius 3 is 2.55 bits per heavy atom. The summed E-state index contributed by atoms with van der Waals surface area (Å²) in [5, 5.41) is 18.9. The molecule has 20 heavy (non-hydrogen) atoms. The first-order valence-electron chi connectivity index (χ1n) is 6.25. The summed E-state index contributed by atoms with van der Waals surface area (Å²) in [6.45, 7) is 1.59. The van der Waals surface area contributed by atoms with Crippen LogP contribution in [0.15, 0.2) is 42.5 Å². The van der Waals surface area contributed by atoms with Crippen LogP contribution >= 0.6 is 0 Å². The summed E-state index contributed by atoms with van der Waals surface area (Å²) >= 11 is 0. The molecule has 0 aliphatic heterocycles. The van der Waals surface area contributed by atoms with Crippen LogP contribution in [0.2, 0.25) is 0 Å². The highest BCUT2D eigenvalue weighted by atomic mass is 19.1. The minimum absolute atomic E-state index is 0.283. The number of nitriles is 1. The molecule has 3 nitrogen and oxygen atoms in total. The molecule has 0 aromatic heterocycles. The second-order valence-electron chi connectivity index (χ2n) is 4.54. The van der Waals surface area contributed by atoms with Gasteiger partial charge in [-0.2, -0.15) is 5.26 Å². The summed E-state index contributed by atoms with van der Waals surface area (Å²) in [7, 11) is 1.68. The van der Waals surface area contributed by atoms with Crippen molar-refractivity contribution in [3.05, 3.63) is 59.4 Å². The summed E-state index contributed by atoms with van der Waals surface area (Å²) in [6.07, 6.45) is -0.794. The topological polar surface area (TPSA) is 47.3 Å². The molecular formula is C16H15FN2O. The molecular weight excluding hydrogens is 255 g/mol. The van der Waals surface area contributed by atoms with Crippen LogP contribution in [0.5, 0.6) is 0 Å². The summed E-state index contributed by atoms with van der Waals surface area (Å²) in [5.41, 5.74) is 1.82. The van der Waals surface area contributed by atoms with Gasteiger partial charge in [0.05, 0.1) is 23.0 Å². The van der Waals surface area contributed by atoms with E-state index in [-0.39, 0.29) is 5.69 Å². The highest BCUT2D eigenvalue weighted by Gasteiger charge is 2.18. The molecule has 0 saturated carbocycles. The van der Waals surface area contributed by atoms with Crippen LogP contribution in [0, 0.1) is 17.1 Å². The zero-order chi connectivity index (χ0) is 14.7. The third-order valence-corrected chi connectivity index (χ3v) is 3.19. The van der Waals surface area contributed by atoms with Crippen LogP contribution in [0.1, 0.15) is 24.2 Å². The Labute approximate surface area is 117 Å². The van der Waals surface area contributed by atoms with Gasteiger partial charge < -0.3 is 10.0 Å². The van der Waals surface area contributed by atoms with Crippen molar-refractivity contribution < 1.29 is 9.50 Å². The van der Waals surface area contributed by atoms with Gasteiger partial charge in [-0.3, -0.25) is 0 Å². The average Bonchev–Trinajstić information content (AvgIpc) is 2.46. The van der Waals surface area contributed by atoms with Crippen LogP contribution < -0.4 is 4.90 Å². The number of nitrogens with zero attached hydrogens (tertiary/aromatic N) is 2. The van der Waals surface area contributed by atoms with Crippen LogP contribution in [0.25, 0.3) is 0 Å². The van der Waals surface area contributed by atoms with E-state index < -0.39 is 11.9 Å². The second-order valence-corrected chi connectivity index (χ2v) is 4.54. The highest BCUT2D eigenvalue weighted by Crippen LogP contribution is 2.34. The smallest absolute Gasteiger partial charge is 0.147 e. The first-order valence-corrected chi connectivity index (χ1v) is 6.25. The number of aliphatic hydroxyl groups is 1. The molecule has 0 saturated heterocycles. The van der Waals surface area contributed by atoms with E-state index in [0.717, 1.165) is 0 Å². The average molecular weight is 270 g/mol. The number of anilines is 2. The molecule has 0 aliphatic rings. The zero-order valence-electron chi connectivity index (χ0n) is 11.3. The van der Waals surface area contributed by atoms with E-state index in [1.54, 1.807) is 55.3 Å². The molecule has 0 heterocycles. The van der Waals surface area contributed by atoms with Gasteiger partial charge in [-0.15, -0.1) is 0 Å². The van der Waals surface area contributed by atoms with E-state index in [0.29, 0.717) is 16.8 Å². The molecule has 0 fully saturated rings. The van der Waals surface area contributed by atoms with E-state index in [1.807, 2.05) is 0 Å². The van der Waals surface area contributed by atoms with E-state index in [9.17, 15) is 9.50 Å². The fourth-order valence-corrected chi connectivity index (χ4v) is 2.20. The number of hydrogen-bond acceptors (Lipinski definition) is 3. The van der Waals surface area contributed by atoms with E-state index in [1.165, 1.54) is 6.07 Å². The van der Waals surface area contributed by atoms with Crippen molar-refractivity contribution in [2.24, 2.45) is 0 Å². The number of para-hydroxylation sites is 2. The number of hydrogen-bond donors (Lipinski definition) is 1. The molecule has 0 aliphatic carbocycles. The highest BCUT2D eigenvalue weighted by molar-refractivity contribution is 5.71. The maximum atomic E-state index is 14.1. The molecule has 1 atom stereocenters. The number of halogens is 1. The number of rotatable bonds is 3. The fourth-order valence-electron chi connectivity index (χ4n) is 2.20. The van der Waals surface area contributed by atoms with Gasteiger partial charge in [0.2, 0.25) is 0 Å². The first-order chi connectivity index (χ1) is 9.56. The fraction of sp³-hybridized carbons (Fsp3) is 0.188. The summed E-state index contributed by atoms with van der Waals surface area (Å²) in [6, 6.07) is 13.6. The van der Waals surface area contributed by atoms with E-state index >= 15 is 0 Å². The zero-order valence-corrected chi connectivity index (χ0v) is 11.3. The Morgan fingerprint density at radius 2 is 1.90 bits per heavy atom. The van der Waals surface area contributed by atoms with Crippen LogP contribution in [-0.4, -0.2) is 12.2 Å². The van der Waals surface area contributed by atoms with Crippen molar-refractivity contribution in [2.45, 2.75) is 13.0 Å². The molecule has 0 spiro atoms. The predicted molar refractivity (Wildman–Crippen MR) is 76.3 cm³/mol. The quantitative estimate of drug-likeness (QED) is 0.928. The van der Waals surface area contributed by atoms with Crippen molar-refractivity contribution >= 4 is 11.4 Å². The normalized spacial score (nSPS) is 11.8. The third-order valence-electron chi connectivity index (χ3n) is 3.19. The monoisotopic (exact) mass is 270 g/mol. The van der Waals surface area contributed by atoms with Gasteiger partial charge in [0.15, 0.2) is 0 Å². The second kappa shape index (κ2) is 5.72. The summed E-state index contributed by atoms with van der Waals surface area (Å²) < 4.78 is 14.1. The molecule has 2 aromatic carbocycles. The molecule has 2 rings (SSSR count). The molecule has 0 unspecified atom stereocenters.